The summed E-state index contributed by atoms with van der Waals surface area (Å²) in [5, 5.41) is 2.87. The summed E-state index contributed by atoms with van der Waals surface area (Å²) in [7, 11) is 0. The van der Waals surface area contributed by atoms with Crippen molar-refractivity contribution in [1.29, 1.82) is 0 Å². The van der Waals surface area contributed by atoms with Gasteiger partial charge in [0.15, 0.2) is 0 Å². The van der Waals surface area contributed by atoms with Crippen LogP contribution in [-0.2, 0) is 16.0 Å². The molecule has 1 aromatic carbocycles. The van der Waals surface area contributed by atoms with E-state index in [0.29, 0.717) is 31.5 Å². The second kappa shape index (κ2) is 7.11. The third-order valence-corrected chi connectivity index (χ3v) is 4.19. The number of carbonyl (C=O) groups excluding carboxylic acids is 2. The fourth-order valence-electron chi connectivity index (χ4n) is 2.87. The van der Waals surface area contributed by atoms with Gasteiger partial charge in [0, 0.05) is 25.0 Å². The van der Waals surface area contributed by atoms with E-state index in [4.69, 9.17) is 0 Å². The van der Waals surface area contributed by atoms with Gasteiger partial charge >= 0.3 is 0 Å². The molecular weight excluding hydrogens is 295 g/mol. The van der Waals surface area contributed by atoms with Crippen LogP contribution in [0.5, 0.6) is 0 Å². The van der Waals surface area contributed by atoms with Gasteiger partial charge in [-0.1, -0.05) is 18.2 Å². The molecule has 23 heavy (non-hydrogen) atoms. The lowest BCUT2D eigenvalue weighted by atomic mass is 10.1. The second-order valence-electron chi connectivity index (χ2n) is 7.06. The number of amides is 2. The van der Waals surface area contributed by atoms with Crippen molar-refractivity contribution in [3.8, 4) is 0 Å². The van der Waals surface area contributed by atoms with Crippen LogP contribution in [-0.4, -0.2) is 35.3 Å². The maximum Gasteiger partial charge on any atom is 0.225 e. The molecule has 1 N–H and O–H groups in total. The molecule has 1 fully saturated rings. The van der Waals surface area contributed by atoms with Crippen LogP contribution in [0.3, 0.4) is 0 Å². The molecule has 0 spiro atoms. The van der Waals surface area contributed by atoms with Crippen molar-refractivity contribution in [3.05, 3.63) is 35.6 Å². The molecule has 1 aromatic rings. The van der Waals surface area contributed by atoms with Crippen LogP contribution in [0, 0.1) is 11.7 Å². The van der Waals surface area contributed by atoms with E-state index in [-0.39, 0.29) is 35.5 Å². The van der Waals surface area contributed by atoms with Crippen molar-refractivity contribution in [2.45, 2.75) is 45.6 Å². The summed E-state index contributed by atoms with van der Waals surface area (Å²) < 4.78 is 13.5. The summed E-state index contributed by atoms with van der Waals surface area (Å²) in [6.45, 7) is 6.88. The molecule has 5 heteroatoms. The Morgan fingerprint density at radius 1 is 1.35 bits per heavy atom. The van der Waals surface area contributed by atoms with Gasteiger partial charge in [-0.25, -0.2) is 4.39 Å². The lowest BCUT2D eigenvalue weighted by molar-refractivity contribution is -0.132. The quantitative estimate of drug-likeness (QED) is 0.848. The maximum atomic E-state index is 13.5. The minimum Gasteiger partial charge on any atom is -0.356 e. The van der Waals surface area contributed by atoms with Gasteiger partial charge in [0.2, 0.25) is 11.8 Å². The van der Waals surface area contributed by atoms with Crippen LogP contribution in [0.4, 0.5) is 4.39 Å². The summed E-state index contributed by atoms with van der Waals surface area (Å²) >= 11 is 0. The number of rotatable bonds is 5. The first-order valence-corrected chi connectivity index (χ1v) is 8.10. The Morgan fingerprint density at radius 3 is 2.65 bits per heavy atom. The van der Waals surface area contributed by atoms with Gasteiger partial charge in [-0.3, -0.25) is 9.59 Å². The van der Waals surface area contributed by atoms with E-state index in [2.05, 4.69) is 5.32 Å². The van der Waals surface area contributed by atoms with Gasteiger partial charge in [-0.15, -0.1) is 0 Å². The van der Waals surface area contributed by atoms with Crippen molar-refractivity contribution >= 4 is 11.8 Å². The highest BCUT2D eigenvalue weighted by molar-refractivity contribution is 5.89. The maximum absolute atomic E-state index is 13.5. The summed E-state index contributed by atoms with van der Waals surface area (Å²) in [6, 6.07) is 6.67. The van der Waals surface area contributed by atoms with Gasteiger partial charge < -0.3 is 10.2 Å². The van der Waals surface area contributed by atoms with E-state index in [0.717, 1.165) is 0 Å². The molecule has 2 amide bonds. The predicted octanol–water partition coefficient (Wildman–Crippen LogP) is 2.52. The molecule has 126 valence electrons. The minimum absolute atomic E-state index is 0.0315. The summed E-state index contributed by atoms with van der Waals surface area (Å²) in [5.41, 5.74) is 0.411. The standard InChI is InChI=1S/C18H25FN2O2/c1-18(2,3)21-12-14(11-16(21)22)17(23)20-10-6-8-13-7-4-5-9-15(13)19/h4-5,7,9,14H,6,8,10-12H2,1-3H3,(H,20,23). The number of benzene rings is 1. The molecule has 0 aromatic heterocycles. The smallest absolute Gasteiger partial charge is 0.225 e. The molecule has 4 nitrogen and oxygen atoms in total. The lowest BCUT2D eigenvalue weighted by Gasteiger charge is -2.31. The highest BCUT2D eigenvalue weighted by atomic mass is 19.1. The Balaban J connectivity index is 1.76. The first-order valence-electron chi connectivity index (χ1n) is 8.10. The van der Waals surface area contributed by atoms with Crippen LogP contribution in [0.2, 0.25) is 0 Å². The molecule has 0 aliphatic carbocycles. The van der Waals surface area contributed by atoms with E-state index in [1.807, 2.05) is 26.8 Å². The molecule has 1 unspecified atom stereocenters. The zero-order valence-electron chi connectivity index (χ0n) is 14.1. The van der Waals surface area contributed by atoms with E-state index in [1.54, 1.807) is 17.0 Å². The highest BCUT2D eigenvalue weighted by Gasteiger charge is 2.39. The van der Waals surface area contributed by atoms with Gasteiger partial charge in [0.05, 0.1) is 5.92 Å². The third-order valence-electron chi connectivity index (χ3n) is 4.19. The van der Waals surface area contributed by atoms with Gasteiger partial charge in [0.1, 0.15) is 5.82 Å². The number of nitrogens with zero attached hydrogens (tertiary/aromatic N) is 1. The van der Waals surface area contributed by atoms with E-state index in [9.17, 15) is 14.0 Å². The van der Waals surface area contributed by atoms with Crippen LogP contribution >= 0.6 is 0 Å². The fraction of sp³-hybridized carbons (Fsp3) is 0.556. The molecular formula is C18H25FN2O2. The Labute approximate surface area is 137 Å². The Bertz CT molecular complexity index is 581. The molecule has 0 radical (unpaired) electrons. The van der Waals surface area contributed by atoms with Crippen molar-refractivity contribution in [2.75, 3.05) is 13.1 Å². The topological polar surface area (TPSA) is 49.4 Å². The molecule has 2 rings (SSSR count). The number of hydrogen-bond donors (Lipinski definition) is 1. The second-order valence-corrected chi connectivity index (χ2v) is 7.06. The molecule has 1 aliphatic rings. The normalized spacial score (nSPS) is 18.3. The Kier molecular flexibility index (Phi) is 5.39. The molecule has 1 atom stereocenters. The Hall–Kier alpha value is -1.91. The van der Waals surface area contributed by atoms with E-state index < -0.39 is 0 Å². The van der Waals surface area contributed by atoms with Gasteiger partial charge in [-0.05, 0) is 45.2 Å². The highest BCUT2D eigenvalue weighted by Crippen LogP contribution is 2.25. The largest absolute Gasteiger partial charge is 0.356 e. The first-order chi connectivity index (χ1) is 10.8. The molecule has 1 heterocycles. The van der Waals surface area contributed by atoms with E-state index in [1.165, 1.54) is 6.07 Å². The summed E-state index contributed by atoms with van der Waals surface area (Å²) in [4.78, 5) is 25.9. The molecule has 1 saturated heterocycles. The van der Waals surface area contributed by atoms with Crippen LogP contribution < -0.4 is 5.32 Å². The molecule has 1 aliphatic heterocycles. The van der Waals surface area contributed by atoms with Crippen molar-refractivity contribution in [1.82, 2.24) is 10.2 Å². The monoisotopic (exact) mass is 320 g/mol. The molecule has 0 saturated carbocycles. The zero-order chi connectivity index (χ0) is 17.0. The minimum atomic E-state index is -0.282. The average molecular weight is 320 g/mol. The SMILES string of the molecule is CC(C)(C)N1CC(C(=O)NCCCc2ccccc2F)CC1=O. The third kappa shape index (κ3) is 4.53. The number of carbonyl (C=O) groups is 2. The predicted molar refractivity (Wildman–Crippen MR) is 87.3 cm³/mol. The lowest BCUT2D eigenvalue weighted by Crippen LogP contribution is -2.43. The summed E-state index contributed by atoms with van der Waals surface area (Å²) in [6.07, 6.45) is 1.54. The van der Waals surface area contributed by atoms with Gasteiger partial charge in [-0.2, -0.15) is 0 Å². The first kappa shape index (κ1) is 17.4. The van der Waals surface area contributed by atoms with Crippen LogP contribution in [0.1, 0.15) is 39.2 Å². The number of hydrogen-bond acceptors (Lipinski definition) is 2. The number of nitrogens with one attached hydrogen (secondary N) is 1. The van der Waals surface area contributed by atoms with Crippen LogP contribution in [0.25, 0.3) is 0 Å². The van der Waals surface area contributed by atoms with Crippen LogP contribution in [0.15, 0.2) is 24.3 Å². The van der Waals surface area contributed by atoms with Gasteiger partial charge in [0.25, 0.3) is 0 Å². The van der Waals surface area contributed by atoms with E-state index >= 15 is 0 Å². The summed E-state index contributed by atoms with van der Waals surface area (Å²) in [5.74, 6) is -0.543. The number of likely N-dealkylation sites (tertiary alicyclic amines) is 1. The van der Waals surface area contributed by atoms with Crippen molar-refractivity contribution in [2.24, 2.45) is 5.92 Å². The average Bonchev–Trinajstić information content (AvgIpc) is 2.87. The fourth-order valence-corrected chi connectivity index (χ4v) is 2.87. The molecule has 0 bridgehead atoms. The Morgan fingerprint density at radius 2 is 2.04 bits per heavy atom. The number of halogens is 1. The van der Waals surface area contributed by atoms with Crippen molar-refractivity contribution in [3.63, 3.8) is 0 Å². The number of aryl methyl sites for hydroxylation is 1. The van der Waals surface area contributed by atoms with Crippen molar-refractivity contribution < 1.29 is 14.0 Å². The zero-order valence-corrected chi connectivity index (χ0v) is 14.1.